The van der Waals surface area contributed by atoms with Crippen LogP contribution in [-0.4, -0.2) is 23.5 Å². The minimum atomic E-state index is -0.443. The number of hydrogen-bond acceptors (Lipinski definition) is 5. The highest BCUT2D eigenvalue weighted by atomic mass is 79.9. The molecule has 1 aromatic carbocycles. The molecule has 0 aliphatic heterocycles. The molecule has 10 heteroatoms. The number of ether oxygens (including phenoxy) is 1. The van der Waals surface area contributed by atoms with E-state index < -0.39 is 5.91 Å². The number of carbonyl (C=O) groups is 2. The first-order valence-electron chi connectivity index (χ1n) is 6.89. The third-order valence-electron chi connectivity index (χ3n) is 2.83. The summed E-state index contributed by atoms with van der Waals surface area (Å²) in [7, 11) is 0. The van der Waals surface area contributed by atoms with E-state index >= 15 is 0 Å². The van der Waals surface area contributed by atoms with E-state index in [9.17, 15) is 9.59 Å². The maximum atomic E-state index is 11.8. The predicted octanol–water partition coefficient (Wildman–Crippen LogP) is 3.30. The molecule has 0 atom stereocenters. The normalized spacial score (nSPS) is 10.0. The quantitative estimate of drug-likeness (QED) is 0.438. The zero-order valence-corrected chi connectivity index (χ0v) is 17.7. The lowest BCUT2D eigenvalue weighted by Gasteiger charge is -2.13. The molecule has 0 fully saturated rings. The summed E-state index contributed by atoms with van der Waals surface area (Å²) in [5.74, 6) is -0.207. The van der Waals surface area contributed by atoms with Gasteiger partial charge >= 0.3 is 0 Å². The lowest BCUT2D eigenvalue weighted by Crippen LogP contribution is -2.49. The van der Waals surface area contributed by atoms with Gasteiger partial charge in [-0.2, -0.15) is 0 Å². The molecule has 2 aromatic rings. The molecule has 0 aliphatic carbocycles. The van der Waals surface area contributed by atoms with Crippen LogP contribution in [0, 0.1) is 6.92 Å². The lowest BCUT2D eigenvalue weighted by atomic mass is 10.2. The second-order valence-corrected chi connectivity index (χ2v) is 7.88. The molecule has 0 spiro atoms. The minimum Gasteiger partial charge on any atom is -0.482 e. The van der Waals surface area contributed by atoms with Crippen LogP contribution in [0.2, 0.25) is 0 Å². The molecule has 0 aliphatic rings. The Morgan fingerprint density at radius 2 is 2.04 bits per heavy atom. The molecule has 1 aromatic heterocycles. The van der Waals surface area contributed by atoms with Gasteiger partial charge < -0.3 is 4.74 Å². The van der Waals surface area contributed by atoms with Gasteiger partial charge in [0.2, 0.25) is 0 Å². The Hall–Kier alpha value is -1.49. The van der Waals surface area contributed by atoms with Crippen molar-refractivity contribution in [1.29, 1.82) is 0 Å². The van der Waals surface area contributed by atoms with Crippen LogP contribution in [0.3, 0.4) is 0 Å². The van der Waals surface area contributed by atoms with Crippen molar-refractivity contribution in [3.8, 4) is 5.75 Å². The fourth-order valence-corrected chi connectivity index (χ4v) is 4.09. The van der Waals surface area contributed by atoms with E-state index in [0.717, 1.165) is 14.5 Å². The Bertz CT molecular complexity index is 774. The highest BCUT2D eigenvalue weighted by Crippen LogP contribution is 2.32. The van der Waals surface area contributed by atoms with E-state index in [1.807, 2.05) is 19.1 Å². The largest absolute Gasteiger partial charge is 0.482 e. The first-order chi connectivity index (χ1) is 11.9. The molecule has 2 rings (SSSR count). The number of nitrogens with one attached hydrogen (secondary N) is 3. The van der Waals surface area contributed by atoms with Gasteiger partial charge in [0, 0.05) is 4.47 Å². The van der Waals surface area contributed by atoms with Crippen molar-refractivity contribution in [2.24, 2.45) is 0 Å². The average Bonchev–Trinajstić information content (AvgIpc) is 3.06. The van der Waals surface area contributed by atoms with Crippen molar-refractivity contribution in [1.82, 2.24) is 16.2 Å². The van der Waals surface area contributed by atoms with Crippen LogP contribution in [0.4, 0.5) is 0 Å². The number of amides is 2. The van der Waals surface area contributed by atoms with Gasteiger partial charge in [-0.05, 0) is 64.2 Å². The number of hydrazine groups is 1. The summed E-state index contributed by atoms with van der Waals surface area (Å²) in [5.41, 5.74) is 5.69. The molecular weight excluding hydrogens is 494 g/mol. The SMILES string of the molecule is Cc1cc(Br)cc(Br)c1OCC(=O)NNC(=S)NC(=O)c1cccs1. The number of hydrogen-bond donors (Lipinski definition) is 3. The first-order valence-corrected chi connectivity index (χ1v) is 9.76. The number of carbonyl (C=O) groups excluding carboxylic acids is 2. The van der Waals surface area contributed by atoms with Crippen LogP contribution in [0.5, 0.6) is 5.75 Å². The molecule has 0 radical (unpaired) electrons. The van der Waals surface area contributed by atoms with Crippen molar-refractivity contribution < 1.29 is 14.3 Å². The number of halogens is 2. The fourth-order valence-electron chi connectivity index (χ4n) is 1.78. The fraction of sp³-hybridized carbons (Fsp3) is 0.133. The summed E-state index contributed by atoms with van der Waals surface area (Å²) in [6.45, 7) is 1.66. The maximum Gasteiger partial charge on any atom is 0.276 e. The highest BCUT2D eigenvalue weighted by Gasteiger charge is 2.11. The third-order valence-corrected chi connectivity index (χ3v) is 4.95. The van der Waals surface area contributed by atoms with Crippen molar-refractivity contribution >= 4 is 72.3 Å². The van der Waals surface area contributed by atoms with Gasteiger partial charge in [-0.15, -0.1) is 11.3 Å². The van der Waals surface area contributed by atoms with E-state index in [0.29, 0.717) is 10.6 Å². The minimum absolute atomic E-state index is 0.00671. The molecule has 2 amide bonds. The molecule has 132 valence electrons. The molecule has 6 nitrogen and oxygen atoms in total. The zero-order chi connectivity index (χ0) is 18.4. The van der Waals surface area contributed by atoms with Gasteiger partial charge in [0.1, 0.15) is 5.75 Å². The van der Waals surface area contributed by atoms with Gasteiger partial charge in [0.15, 0.2) is 11.7 Å². The van der Waals surface area contributed by atoms with Gasteiger partial charge in [0.05, 0.1) is 9.35 Å². The lowest BCUT2D eigenvalue weighted by molar-refractivity contribution is -0.123. The smallest absolute Gasteiger partial charge is 0.276 e. The van der Waals surface area contributed by atoms with Gasteiger partial charge in [-0.1, -0.05) is 22.0 Å². The third kappa shape index (κ3) is 6.07. The van der Waals surface area contributed by atoms with Crippen molar-refractivity contribution in [3.05, 3.63) is 49.0 Å². The monoisotopic (exact) mass is 505 g/mol. The summed E-state index contributed by atoms with van der Waals surface area (Å²) >= 11 is 13.0. The zero-order valence-electron chi connectivity index (χ0n) is 12.9. The number of thiophene rings is 1. The average molecular weight is 507 g/mol. The molecule has 0 unspecified atom stereocenters. The van der Waals surface area contributed by atoms with Gasteiger partial charge in [-0.3, -0.25) is 25.8 Å². The van der Waals surface area contributed by atoms with Crippen LogP contribution >= 0.6 is 55.4 Å². The summed E-state index contributed by atoms with van der Waals surface area (Å²) in [6.07, 6.45) is 0. The van der Waals surface area contributed by atoms with Gasteiger partial charge in [-0.25, -0.2) is 0 Å². The number of thiocarbonyl (C=S) groups is 1. The van der Waals surface area contributed by atoms with Crippen LogP contribution in [-0.2, 0) is 4.79 Å². The molecule has 0 saturated heterocycles. The van der Waals surface area contributed by atoms with Crippen LogP contribution in [0.25, 0.3) is 0 Å². The number of rotatable bonds is 4. The van der Waals surface area contributed by atoms with Crippen molar-refractivity contribution in [2.45, 2.75) is 6.92 Å². The van der Waals surface area contributed by atoms with E-state index in [1.165, 1.54) is 11.3 Å². The Labute approximate surface area is 170 Å². The Kier molecular flexibility index (Phi) is 7.36. The Morgan fingerprint density at radius 1 is 1.28 bits per heavy atom. The predicted molar refractivity (Wildman–Crippen MR) is 108 cm³/mol. The van der Waals surface area contributed by atoms with Crippen molar-refractivity contribution in [2.75, 3.05) is 6.61 Å². The van der Waals surface area contributed by atoms with Gasteiger partial charge in [0.25, 0.3) is 11.8 Å². The summed E-state index contributed by atoms with van der Waals surface area (Å²) in [5, 5.41) is 4.24. The second kappa shape index (κ2) is 9.27. The molecule has 1 heterocycles. The van der Waals surface area contributed by atoms with E-state index in [2.05, 4.69) is 48.0 Å². The molecule has 0 saturated carbocycles. The van der Waals surface area contributed by atoms with E-state index in [1.54, 1.807) is 17.5 Å². The van der Waals surface area contributed by atoms with E-state index in [-0.39, 0.29) is 17.6 Å². The maximum absolute atomic E-state index is 11.8. The summed E-state index contributed by atoms with van der Waals surface area (Å²) in [4.78, 5) is 24.2. The Balaban J connectivity index is 1.77. The molecule has 3 N–H and O–H groups in total. The van der Waals surface area contributed by atoms with Crippen molar-refractivity contribution in [3.63, 3.8) is 0 Å². The Morgan fingerprint density at radius 3 is 2.68 bits per heavy atom. The summed E-state index contributed by atoms with van der Waals surface area (Å²) < 4.78 is 7.15. The standard InChI is InChI=1S/C15H13Br2N3O3S2/c1-8-5-9(16)6-10(17)13(8)23-7-12(21)19-20-15(24)18-14(22)11-3-2-4-25-11/h2-6H,7H2,1H3,(H,19,21)(H2,18,20,22,24). The highest BCUT2D eigenvalue weighted by molar-refractivity contribution is 9.11. The topological polar surface area (TPSA) is 79.5 Å². The van der Waals surface area contributed by atoms with Crippen LogP contribution < -0.4 is 20.9 Å². The summed E-state index contributed by atoms with van der Waals surface area (Å²) in [6, 6.07) is 7.14. The number of benzene rings is 1. The molecule has 0 bridgehead atoms. The van der Waals surface area contributed by atoms with Crippen LogP contribution in [0.15, 0.2) is 38.6 Å². The van der Waals surface area contributed by atoms with Crippen LogP contribution in [0.1, 0.15) is 15.2 Å². The second-order valence-electron chi connectivity index (χ2n) is 4.76. The molecule has 25 heavy (non-hydrogen) atoms. The first kappa shape index (κ1) is 19.8. The number of aryl methyl sites for hydroxylation is 1. The van der Waals surface area contributed by atoms with E-state index in [4.69, 9.17) is 17.0 Å². The molecular formula is C15H13Br2N3O3S2.